The minimum Gasteiger partial charge on any atom is -0.394 e. The van der Waals surface area contributed by atoms with Gasteiger partial charge in [-0.3, -0.25) is 4.79 Å². The fourth-order valence-electron chi connectivity index (χ4n) is 7.63. The highest BCUT2D eigenvalue weighted by atomic mass is 16.3. The van der Waals surface area contributed by atoms with E-state index in [1.165, 1.54) is 199 Å². The van der Waals surface area contributed by atoms with Crippen molar-refractivity contribution in [2.24, 2.45) is 0 Å². The summed E-state index contributed by atoms with van der Waals surface area (Å²) < 4.78 is 0. The molecule has 0 spiro atoms. The van der Waals surface area contributed by atoms with Gasteiger partial charge < -0.3 is 20.6 Å². The Labute approximate surface area is 331 Å². The summed E-state index contributed by atoms with van der Waals surface area (Å²) >= 11 is 0. The molecule has 316 valence electrons. The molecule has 53 heavy (non-hydrogen) atoms. The number of amides is 1. The summed E-state index contributed by atoms with van der Waals surface area (Å²) in [6.45, 7) is 4.20. The average molecular weight is 750 g/mol. The van der Waals surface area contributed by atoms with Crippen molar-refractivity contribution < 1.29 is 20.1 Å². The van der Waals surface area contributed by atoms with E-state index in [1.54, 1.807) is 0 Å². The van der Waals surface area contributed by atoms with Gasteiger partial charge in [0.2, 0.25) is 5.91 Å². The largest absolute Gasteiger partial charge is 0.394 e. The van der Waals surface area contributed by atoms with Crippen molar-refractivity contribution in [2.75, 3.05) is 6.61 Å². The van der Waals surface area contributed by atoms with Crippen molar-refractivity contribution in [3.63, 3.8) is 0 Å². The Balaban J connectivity index is 3.59. The molecule has 0 radical (unpaired) electrons. The SMILES string of the molecule is CCCCCCCCCCC/C=C\CCCCCCCCCC(=O)NC(CO)C(O)C(O)CCCCCCCCCCCCCCCCCCCCC. The Morgan fingerprint density at radius 2 is 0.755 bits per heavy atom. The maximum atomic E-state index is 12.5. The number of aliphatic hydroxyl groups excluding tert-OH is 3. The molecule has 3 unspecified atom stereocenters. The Bertz CT molecular complexity index is 743. The number of unbranched alkanes of at least 4 members (excludes halogenated alkanes) is 34. The van der Waals surface area contributed by atoms with E-state index in [-0.39, 0.29) is 12.5 Å². The standard InChI is InChI=1S/C48H95NO4/c1-3-5-7-9-11-13-15-17-19-21-23-25-27-29-31-33-35-37-39-41-43-47(52)49-45(44-50)48(53)46(51)42-40-38-36-34-32-30-28-26-24-22-20-18-16-14-12-10-8-6-4-2/h23,25,45-46,48,50-51,53H,3-22,24,26-44H2,1-2H3,(H,49,52)/b25-23-. The zero-order valence-corrected chi connectivity index (χ0v) is 35.9. The Morgan fingerprint density at radius 3 is 1.09 bits per heavy atom. The smallest absolute Gasteiger partial charge is 0.220 e. The first-order valence-electron chi connectivity index (χ1n) is 24.0. The number of aliphatic hydroxyl groups is 3. The highest BCUT2D eigenvalue weighted by molar-refractivity contribution is 5.76. The van der Waals surface area contributed by atoms with Crippen LogP contribution in [0, 0.1) is 0 Å². The molecule has 0 aromatic heterocycles. The molecule has 0 rings (SSSR count). The number of hydrogen-bond acceptors (Lipinski definition) is 4. The fourth-order valence-corrected chi connectivity index (χ4v) is 7.63. The lowest BCUT2D eigenvalue weighted by molar-refractivity contribution is -0.124. The molecular formula is C48H95NO4. The molecule has 0 bridgehead atoms. The van der Waals surface area contributed by atoms with Gasteiger partial charge in [0.1, 0.15) is 6.10 Å². The number of nitrogens with one attached hydrogen (secondary N) is 1. The van der Waals surface area contributed by atoms with Crippen LogP contribution in [0.25, 0.3) is 0 Å². The summed E-state index contributed by atoms with van der Waals surface area (Å²) in [5.41, 5.74) is 0. The van der Waals surface area contributed by atoms with Crippen molar-refractivity contribution in [1.29, 1.82) is 0 Å². The number of hydrogen-bond donors (Lipinski definition) is 4. The van der Waals surface area contributed by atoms with E-state index < -0.39 is 18.2 Å². The van der Waals surface area contributed by atoms with Crippen LogP contribution in [0.2, 0.25) is 0 Å². The molecule has 1 amide bonds. The van der Waals surface area contributed by atoms with Gasteiger partial charge in [0.05, 0.1) is 18.8 Å². The van der Waals surface area contributed by atoms with Crippen LogP contribution in [0.4, 0.5) is 0 Å². The summed E-state index contributed by atoms with van der Waals surface area (Å²) in [7, 11) is 0. The lowest BCUT2D eigenvalue weighted by Crippen LogP contribution is -2.50. The summed E-state index contributed by atoms with van der Waals surface area (Å²) in [4.78, 5) is 12.5. The molecule has 0 fully saturated rings. The number of carbonyl (C=O) groups excluding carboxylic acids is 1. The second-order valence-corrected chi connectivity index (χ2v) is 16.7. The predicted octanol–water partition coefficient (Wildman–Crippen LogP) is 14.0. The second-order valence-electron chi connectivity index (χ2n) is 16.7. The van der Waals surface area contributed by atoms with Crippen LogP contribution in [0.1, 0.15) is 264 Å². The fraction of sp³-hybridized carbons (Fsp3) is 0.938. The van der Waals surface area contributed by atoms with Crippen LogP contribution >= 0.6 is 0 Å². The van der Waals surface area contributed by atoms with Gasteiger partial charge in [-0.15, -0.1) is 0 Å². The monoisotopic (exact) mass is 750 g/mol. The Morgan fingerprint density at radius 1 is 0.453 bits per heavy atom. The molecule has 5 heteroatoms. The number of allylic oxidation sites excluding steroid dienone is 2. The van der Waals surface area contributed by atoms with Crippen LogP contribution in [0.3, 0.4) is 0 Å². The minimum absolute atomic E-state index is 0.145. The molecule has 5 nitrogen and oxygen atoms in total. The van der Waals surface area contributed by atoms with E-state index >= 15 is 0 Å². The van der Waals surface area contributed by atoms with Gasteiger partial charge in [-0.1, -0.05) is 231 Å². The van der Waals surface area contributed by atoms with E-state index in [9.17, 15) is 20.1 Å². The third-order valence-corrected chi connectivity index (χ3v) is 11.4. The summed E-state index contributed by atoms with van der Waals surface area (Å²) in [5.74, 6) is -0.145. The van der Waals surface area contributed by atoms with E-state index in [0.29, 0.717) is 12.8 Å². The van der Waals surface area contributed by atoms with Gasteiger partial charge in [0, 0.05) is 6.42 Å². The Kier molecular flexibility index (Phi) is 43.1. The molecule has 0 aliphatic heterocycles. The zero-order chi connectivity index (χ0) is 38.7. The van der Waals surface area contributed by atoms with Crippen LogP contribution < -0.4 is 5.32 Å². The predicted molar refractivity (Wildman–Crippen MR) is 232 cm³/mol. The molecular weight excluding hydrogens is 655 g/mol. The first kappa shape index (κ1) is 52.1. The van der Waals surface area contributed by atoms with Crippen molar-refractivity contribution in [1.82, 2.24) is 5.32 Å². The third kappa shape index (κ3) is 39.1. The third-order valence-electron chi connectivity index (χ3n) is 11.4. The molecule has 0 saturated carbocycles. The first-order chi connectivity index (χ1) is 26.1. The van der Waals surface area contributed by atoms with Gasteiger partial charge in [-0.05, 0) is 38.5 Å². The highest BCUT2D eigenvalue weighted by Gasteiger charge is 2.26. The topological polar surface area (TPSA) is 89.8 Å². The van der Waals surface area contributed by atoms with Crippen LogP contribution in [-0.4, -0.2) is 46.1 Å². The molecule has 0 aliphatic rings. The van der Waals surface area contributed by atoms with Gasteiger partial charge in [-0.25, -0.2) is 0 Å². The van der Waals surface area contributed by atoms with Crippen molar-refractivity contribution in [3.05, 3.63) is 12.2 Å². The first-order valence-corrected chi connectivity index (χ1v) is 24.0. The molecule has 0 aromatic carbocycles. The van der Waals surface area contributed by atoms with E-state index in [1.807, 2.05) is 0 Å². The van der Waals surface area contributed by atoms with E-state index in [0.717, 1.165) is 38.5 Å². The quantitative estimate of drug-likeness (QED) is 0.0369. The summed E-state index contributed by atoms with van der Waals surface area (Å²) in [6.07, 6.45) is 51.8. The van der Waals surface area contributed by atoms with Crippen molar-refractivity contribution >= 4 is 5.91 Å². The molecule has 0 aliphatic carbocycles. The molecule has 0 saturated heterocycles. The molecule has 0 heterocycles. The maximum absolute atomic E-state index is 12.5. The van der Waals surface area contributed by atoms with E-state index in [4.69, 9.17) is 0 Å². The maximum Gasteiger partial charge on any atom is 0.220 e. The second kappa shape index (κ2) is 43.8. The molecule has 0 aromatic rings. The molecule has 3 atom stereocenters. The van der Waals surface area contributed by atoms with Gasteiger partial charge in [-0.2, -0.15) is 0 Å². The number of carbonyl (C=O) groups is 1. The van der Waals surface area contributed by atoms with Crippen molar-refractivity contribution in [2.45, 2.75) is 283 Å². The van der Waals surface area contributed by atoms with Crippen LogP contribution in [0.15, 0.2) is 12.2 Å². The Hall–Kier alpha value is -0.910. The van der Waals surface area contributed by atoms with Crippen LogP contribution in [-0.2, 0) is 4.79 Å². The molecule has 4 N–H and O–H groups in total. The van der Waals surface area contributed by atoms with E-state index in [2.05, 4.69) is 31.3 Å². The normalized spacial score (nSPS) is 13.5. The lowest BCUT2D eigenvalue weighted by Gasteiger charge is -2.26. The lowest BCUT2D eigenvalue weighted by atomic mass is 9.99. The van der Waals surface area contributed by atoms with Gasteiger partial charge in [0.15, 0.2) is 0 Å². The number of rotatable bonds is 44. The average Bonchev–Trinajstić information content (AvgIpc) is 3.16. The minimum atomic E-state index is -1.13. The van der Waals surface area contributed by atoms with Gasteiger partial charge >= 0.3 is 0 Å². The van der Waals surface area contributed by atoms with Gasteiger partial charge in [0.25, 0.3) is 0 Å². The summed E-state index contributed by atoms with van der Waals surface area (Å²) in [6, 6.07) is -0.808. The van der Waals surface area contributed by atoms with Crippen molar-refractivity contribution in [3.8, 4) is 0 Å². The zero-order valence-electron chi connectivity index (χ0n) is 35.9. The summed E-state index contributed by atoms with van der Waals surface area (Å²) in [5, 5.41) is 33.6. The van der Waals surface area contributed by atoms with Crippen LogP contribution in [0.5, 0.6) is 0 Å². The highest BCUT2D eigenvalue weighted by Crippen LogP contribution is 2.17.